The molecule has 4 aromatic rings. The van der Waals surface area contributed by atoms with Crippen LogP contribution >= 0.6 is 0 Å². The molecule has 0 unspecified atom stereocenters. The second-order valence-corrected chi connectivity index (χ2v) is 8.24. The number of ether oxygens (including phenoxy) is 4. The Morgan fingerprint density at radius 1 is 0.842 bits per heavy atom. The van der Waals surface area contributed by atoms with Gasteiger partial charge in [-0.05, 0) is 29.8 Å². The van der Waals surface area contributed by atoms with Crippen LogP contribution in [-0.2, 0) is 0 Å². The Bertz CT molecular complexity index is 1500. The lowest BCUT2D eigenvalue weighted by Crippen LogP contribution is -2.27. The van der Waals surface area contributed by atoms with E-state index < -0.39 is 30.0 Å². The van der Waals surface area contributed by atoms with E-state index in [1.165, 1.54) is 63.8 Å². The fraction of sp³-hybridized carbons (Fsp3) is 0.222. The van der Waals surface area contributed by atoms with E-state index in [1.54, 1.807) is 0 Å². The maximum absolute atomic E-state index is 12.7. The quantitative estimate of drug-likeness (QED) is 0.217. The molecule has 38 heavy (non-hydrogen) atoms. The molecule has 0 amide bonds. The molecule has 3 aromatic carbocycles. The minimum Gasteiger partial charge on any atom is -0.508 e. The molecule has 2 atom stereocenters. The van der Waals surface area contributed by atoms with Crippen molar-refractivity contribution in [1.29, 1.82) is 0 Å². The summed E-state index contributed by atoms with van der Waals surface area (Å²) in [5.41, 5.74) is 0.160. The monoisotopic (exact) mass is 526 g/mol. The maximum atomic E-state index is 12.7. The highest BCUT2D eigenvalue weighted by Gasteiger charge is 2.28. The van der Waals surface area contributed by atoms with Crippen molar-refractivity contribution in [2.75, 3.05) is 27.9 Å². The molecule has 0 radical (unpaired) electrons. The normalized spacial score (nSPS) is 12.7. The second kappa shape index (κ2) is 10.8. The Labute approximate surface area is 216 Å². The number of methoxy groups -OCH3 is 3. The van der Waals surface area contributed by atoms with Crippen molar-refractivity contribution in [2.24, 2.45) is 0 Å². The van der Waals surface area contributed by atoms with E-state index in [4.69, 9.17) is 23.4 Å². The van der Waals surface area contributed by atoms with Crippen molar-refractivity contribution in [3.05, 3.63) is 64.3 Å². The minimum atomic E-state index is -1.38. The summed E-state index contributed by atoms with van der Waals surface area (Å²) in [5.74, 6) is -0.242. The van der Waals surface area contributed by atoms with Gasteiger partial charge in [0.2, 0.25) is 5.75 Å². The van der Waals surface area contributed by atoms with Crippen molar-refractivity contribution in [1.82, 2.24) is 0 Å². The third-order valence-electron chi connectivity index (χ3n) is 5.85. The highest BCUT2D eigenvalue weighted by atomic mass is 16.6. The third kappa shape index (κ3) is 4.97. The fourth-order valence-electron chi connectivity index (χ4n) is 4.00. The van der Waals surface area contributed by atoms with Crippen LogP contribution in [0.2, 0.25) is 0 Å². The number of rotatable bonds is 9. The van der Waals surface area contributed by atoms with Crippen LogP contribution in [-0.4, -0.2) is 59.6 Å². The van der Waals surface area contributed by atoms with Crippen molar-refractivity contribution in [3.8, 4) is 51.6 Å². The zero-order chi connectivity index (χ0) is 27.6. The van der Waals surface area contributed by atoms with Gasteiger partial charge in [0.05, 0.1) is 27.9 Å². The maximum Gasteiger partial charge on any atom is 0.204 e. The van der Waals surface area contributed by atoms with E-state index in [1.807, 2.05) is 0 Å². The number of fused-ring (bicyclic) bond motifs is 1. The Morgan fingerprint density at radius 3 is 2.11 bits per heavy atom. The van der Waals surface area contributed by atoms with E-state index in [0.29, 0.717) is 11.1 Å². The van der Waals surface area contributed by atoms with Crippen LogP contribution in [0.4, 0.5) is 0 Å². The molecule has 0 bridgehead atoms. The molecule has 4 rings (SSSR count). The van der Waals surface area contributed by atoms with Crippen molar-refractivity contribution in [3.63, 3.8) is 0 Å². The number of aliphatic hydroxyl groups excluding tert-OH is 2. The van der Waals surface area contributed by atoms with Gasteiger partial charge in [0.25, 0.3) is 0 Å². The summed E-state index contributed by atoms with van der Waals surface area (Å²) in [4.78, 5) is 12.7. The molecule has 0 saturated heterocycles. The smallest absolute Gasteiger partial charge is 0.204 e. The molecule has 0 aliphatic heterocycles. The zero-order valence-electron chi connectivity index (χ0n) is 20.7. The molecule has 0 aliphatic carbocycles. The Morgan fingerprint density at radius 2 is 1.50 bits per heavy atom. The molecule has 0 aliphatic rings. The van der Waals surface area contributed by atoms with Crippen molar-refractivity contribution < 1.29 is 48.9 Å². The van der Waals surface area contributed by atoms with Gasteiger partial charge in [0.1, 0.15) is 34.3 Å². The topological polar surface area (TPSA) is 168 Å². The van der Waals surface area contributed by atoms with Gasteiger partial charge in [-0.1, -0.05) is 6.07 Å². The number of benzene rings is 3. The number of aliphatic hydroxyl groups is 2. The van der Waals surface area contributed by atoms with Crippen LogP contribution in [0.3, 0.4) is 0 Å². The van der Waals surface area contributed by atoms with Crippen molar-refractivity contribution in [2.45, 2.75) is 12.2 Å². The van der Waals surface area contributed by atoms with E-state index in [0.717, 1.165) is 6.07 Å². The van der Waals surface area contributed by atoms with Crippen LogP contribution in [0.15, 0.2) is 57.7 Å². The summed E-state index contributed by atoms with van der Waals surface area (Å²) in [6.45, 7) is -0.640. The Balaban J connectivity index is 1.82. The van der Waals surface area contributed by atoms with Crippen molar-refractivity contribution >= 4 is 11.0 Å². The number of phenolic OH excluding ortho intramolecular Hbond substituents is 3. The first-order valence-electron chi connectivity index (χ1n) is 11.3. The third-order valence-corrected chi connectivity index (χ3v) is 5.85. The number of aromatic hydroxyl groups is 3. The predicted octanol–water partition coefficient (Wildman–Crippen LogP) is 3.08. The average molecular weight is 526 g/mol. The first-order valence-corrected chi connectivity index (χ1v) is 11.3. The first kappa shape index (κ1) is 26.5. The molecular formula is C27H26O11. The largest absolute Gasteiger partial charge is 0.508 e. The Kier molecular flexibility index (Phi) is 7.51. The van der Waals surface area contributed by atoms with Crippen LogP contribution in [0.1, 0.15) is 11.7 Å². The van der Waals surface area contributed by atoms with Crippen LogP contribution in [0.25, 0.3) is 22.3 Å². The molecule has 11 heteroatoms. The van der Waals surface area contributed by atoms with Crippen LogP contribution in [0, 0.1) is 0 Å². The van der Waals surface area contributed by atoms with Gasteiger partial charge >= 0.3 is 0 Å². The van der Waals surface area contributed by atoms with E-state index >= 15 is 0 Å². The van der Waals surface area contributed by atoms with Gasteiger partial charge in [0.15, 0.2) is 34.5 Å². The second-order valence-electron chi connectivity index (χ2n) is 8.24. The lowest BCUT2D eigenvalue weighted by Gasteiger charge is -2.26. The standard InChI is InChI=1S/C27H26O11/c1-34-21-6-13(4-5-16(21)30)26(19(33)12-28)38-27-23(35-2)7-14(8-24(27)36-3)20-11-18(32)25-17(31)9-15(29)10-22(25)37-20/h4-11,19,26,28-31,33H,12H2,1-3H3/t19-,26+/m1/s1. The molecular weight excluding hydrogens is 500 g/mol. The lowest BCUT2D eigenvalue weighted by atomic mass is 10.0. The van der Waals surface area contributed by atoms with Crippen LogP contribution < -0.4 is 24.4 Å². The molecule has 11 nitrogen and oxygen atoms in total. The summed E-state index contributed by atoms with van der Waals surface area (Å²) in [6.07, 6.45) is -2.51. The van der Waals surface area contributed by atoms with Gasteiger partial charge in [-0.15, -0.1) is 0 Å². The van der Waals surface area contributed by atoms with E-state index in [-0.39, 0.29) is 51.2 Å². The average Bonchev–Trinajstić information content (AvgIpc) is 2.90. The zero-order valence-corrected chi connectivity index (χ0v) is 20.7. The number of hydrogen-bond donors (Lipinski definition) is 5. The van der Waals surface area contributed by atoms with E-state index in [9.17, 15) is 30.3 Å². The molecule has 200 valence electrons. The lowest BCUT2D eigenvalue weighted by molar-refractivity contribution is -0.00396. The SMILES string of the molecule is COc1cc([C@H](Oc2c(OC)cc(-c3cc(=O)c4c(O)cc(O)cc4o3)cc2OC)[C@H](O)CO)ccc1O. The van der Waals surface area contributed by atoms with Gasteiger partial charge in [-0.2, -0.15) is 0 Å². The summed E-state index contributed by atoms with van der Waals surface area (Å²) in [7, 11) is 4.12. The molecule has 0 fully saturated rings. The molecule has 0 saturated carbocycles. The summed E-state index contributed by atoms with van der Waals surface area (Å²) < 4.78 is 28.0. The van der Waals surface area contributed by atoms with Gasteiger partial charge in [0, 0.05) is 23.8 Å². The molecule has 1 heterocycles. The first-order chi connectivity index (χ1) is 18.2. The summed E-state index contributed by atoms with van der Waals surface area (Å²) >= 11 is 0. The fourth-order valence-corrected chi connectivity index (χ4v) is 4.00. The Hall–Kier alpha value is -4.61. The minimum absolute atomic E-state index is 0.0318. The molecule has 1 aromatic heterocycles. The molecule has 5 N–H and O–H groups in total. The van der Waals surface area contributed by atoms with Gasteiger partial charge in [-0.25, -0.2) is 0 Å². The summed E-state index contributed by atoms with van der Waals surface area (Å²) in [5, 5.41) is 49.9. The van der Waals surface area contributed by atoms with E-state index in [2.05, 4.69) is 0 Å². The highest BCUT2D eigenvalue weighted by Crippen LogP contribution is 2.45. The summed E-state index contributed by atoms with van der Waals surface area (Å²) in [6, 6.07) is 10.8. The predicted molar refractivity (Wildman–Crippen MR) is 135 cm³/mol. The van der Waals surface area contributed by atoms with Gasteiger partial charge in [-0.3, -0.25) is 4.79 Å². The highest BCUT2D eigenvalue weighted by molar-refractivity contribution is 5.86. The number of hydrogen-bond acceptors (Lipinski definition) is 11. The molecule has 0 spiro atoms. The van der Waals surface area contributed by atoms with Crippen LogP contribution in [0.5, 0.6) is 40.2 Å². The van der Waals surface area contributed by atoms with Gasteiger partial charge < -0.3 is 48.9 Å². The number of phenols is 3.